The largest absolute Gasteiger partial charge is 0.351 e. The van der Waals surface area contributed by atoms with Gasteiger partial charge in [0.05, 0.1) is 0 Å². The van der Waals surface area contributed by atoms with Crippen LogP contribution in [0.1, 0.15) is 58.9 Å². The van der Waals surface area contributed by atoms with Crippen molar-refractivity contribution in [1.29, 1.82) is 0 Å². The zero-order valence-electron chi connectivity index (χ0n) is 13.7. The van der Waals surface area contributed by atoms with Crippen molar-refractivity contribution in [3.63, 3.8) is 0 Å². The lowest BCUT2D eigenvalue weighted by Gasteiger charge is -2.29. The number of amides is 1. The van der Waals surface area contributed by atoms with E-state index < -0.39 is 0 Å². The van der Waals surface area contributed by atoms with Gasteiger partial charge in [-0.25, -0.2) is 0 Å². The molecule has 0 bridgehead atoms. The van der Waals surface area contributed by atoms with Gasteiger partial charge in [-0.2, -0.15) is 0 Å². The molecule has 0 radical (unpaired) electrons. The molecule has 0 aromatic heterocycles. The topological polar surface area (TPSA) is 29.1 Å². The molecule has 0 saturated heterocycles. The number of nitrogens with one attached hydrogen (secondary N) is 1. The smallest absolute Gasteiger partial charge is 0.223 e. The average Bonchev–Trinajstić information content (AvgIpc) is 2.37. The first-order valence-corrected chi connectivity index (χ1v) is 8.32. The summed E-state index contributed by atoms with van der Waals surface area (Å²) in [6, 6.07) is 7.84. The molecular weight excluding hydrogens is 282 g/mol. The summed E-state index contributed by atoms with van der Waals surface area (Å²) in [5.41, 5.74) is 0.886. The molecule has 0 fully saturated rings. The molecular formula is C18H28ClNO. The second-order valence-corrected chi connectivity index (χ2v) is 6.89. The number of rotatable bonds is 8. The fourth-order valence-corrected chi connectivity index (χ4v) is 2.95. The minimum absolute atomic E-state index is 0.138. The van der Waals surface area contributed by atoms with Gasteiger partial charge in [-0.1, -0.05) is 50.4 Å². The molecule has 3 heteroatoms. The van der Waals surface area contributed by atoms with Crippen LogP contribution in [0.3, 0.4) is 0 Å². The normalized spacial score (nSPS) is 11.7. The number of halogens is 1. The van der Waals surface area contributed by atoms with E-state index in [0.29, 0.717) is 0 Å². The van der Waals surface area contributed by atoms with E-state index in [9.17, 15) is 4.79 Å². The average molecular weight is 310 g/mol. The van der Waals surface area contributed by atoms with Crippen LogP contribution in [0, 0.1) is 5.92 Å². The van der Waals surface area contributed by atoms with E-state index in [0.717, 1.165) is 42.7 Å². The summed E-state index contributed by atoms with van der Waals surface area (Å²) in [6.45, 7) is 8.40. The predicted molar refractivity (Wildman–Crippen MR) is 90.7 cm³/mol. The van der Waals surface area contributed by atoms with E-state index in [4.69, 9.17) is 11.6 Å². The Labute approximate surface area is 134 Å². The predicted octanol–water partition coefficient (Wildman–Crippen LogP) is 4.99. The van der Waals surface area contributed by atoms with Gasteiger partial charge in [-0.3, -0.25) is 4.79 Å². The standard InChI is InChI=1S/C18H28ClNO/c1-5-8-15(9-6-2)17(21)20-18(3,4)13-14-10-7-11-16(19)12-14/h7,10-12,15H,5-6,8-9,13H2,1-4H3,(H,20,21). The molecule has 1 aromatic rings. The summed E-state index contributed by atoms with van der Waals surface area (Å²) >= 11 is 6.03. The summed E-state index contributed by atoms with van der Waals surface area (Å²) in [6.07, 6.45) is 4.81. The van der Waals surface area contributed by atoms with Gasteiger partial charge in [-0.15, -0.1) is 0 Å². The first-order chi connectivity index (χ1) is 9.88. The Kier molecular flexibility index (Phi) is 7.24. The summed E-state index contributed by atoms with van der Waals surface area (Å²) in [4.78, 5) is 12.5. The van der Waals surface area contributed by atoms with E-state index >= 15 is 0 Å². The van der Waals surface area contributed by atoms with Crippen LogP contribution in [0.5, 0.6) is 0 Å². The van der Waals surface area contributed by atoms with Gasteiger partial charge < -0.3 is 5.32 Å². The molecule has 0 unspecified atom stereocenters. The van der Waals surface area contributed by atoms with E-state index in [2.05, 4.69) is 39.1 Å². The number of carbonyl (C=O) groups excluding carboxylic acids is 1. The molecule has 0 aliphatic rings. The Morgan fingerprint density at radius 1 is 1.24 bits per heavy atom. The van der Waals surface area contributed by atoms with Crippen molar-refractivity contribution >= 4 is 17.5 Å². The van der Waals surface area contributed by atoms with Gasteiger partial charge in [0.15, 0.2) is 0 Å². The summed E-state index contributed by atoms with van der Waals surface area (Å²) in [5.74, 6) is 0.323. The van der Waals surface area contributed by atoms with Crippen LogP contribution in [0.25, 0.3) is 0 Å². The fraction of sp³-hybridized carbons (Fsp3) is 0.611. The Balaban J connectivity index is 2.67. The Morgan fingerprint density at radius 3 is 2.38 bits per heavy atom. The Morgan fingerprint density at radius 2 is 1.86 bits per heavy atom. The molecule has 2 nitrogen and oxygen atoms in total. The molecule has 0 atom stereocenters. The third kappa shape index (κ3) is 6.52. The van der Waals surface area contributed by atoms with Crippen LogP contribution in [0.4, 0.5) is 0 Å². The molecule has 1 rings (SSSR count). The van der Waals surface area contributed by atoms with Crippen LogP contribution < -0.4 is 5.32 Å². The van der Waals surface area contributed by atoms with Gasteiger partial charge in [-0.05, 0) is 50.8 Å². The van der Waals surface area contributed by atoms with Crippen LogP contribution in [-0.4, -0.2) is 11.4 Å². The number of hydrogen-bond donors (Lipinski definition) is 1. The molecule has 1 amide bonds. The number of hydrogen-bond acceptors (Lipinski definition) is 1. The minimum Gasteiger partial charge on any atom is -0.351 e. The first kappa shape index (κ1) is 18.0. The zero-order chi connectivity index (χ0) is 15.9. The lowest BCUT2D eigenvalue weighted by Crippen LogP contribution is -2.47. The summed E-state index contributed by atoms with van der Waals surface area (Å²) in [5, 5.41) is 3.95. The SMILES string of the molecule is CCCC(CCC)C(=O)NC(C)(C)Cc1cccc(Cl)c1. The highest BCUT2D eigenvalue weighted by molar-refractivity contribution is 6.30. The highest BCUT2D eigenvalue weighted by Crippen LogP contribution is 2.19. The maximum absolute atomic E-state index is 12.5. The molecule has 118 valence electrons. The van der Waals surface area contributed by atoms with E-state index in [1.54, 1.807) is 0 Å². The number of carbonyl (C=O) groups is 1. The zero-order valence-corrected chi connectivity index (χ0v) is 14.5. The van der Waals surface area contributed by atoms with Gasteiger partial charge in [0.25, 0.3) is 0 Å². The maximum Gasteiger partial charge on any atom is 0.223 e. The van der Waals surface area contributed by atoms with Crippen molar-refractivity contribution in [2.75, 3.05) is 0 Å². The van der Waals surface area contributed by atoms with Gasteiger partial charge >= 0.3 is 0 Å². The molecule has 1 N–H and O–H groups in total. The highest BCUT2D eigenvalue weighted by atomic mass is 35.5. The lowest BCUT2D eigenvalue weighted by molar-refractivity contribution is -0.127. The van der Waals surface area contributed by atoms with Crippen LogP contribution >= 0.6 is 11.6 Å². The molecule has 0 spiro atoms. The molecule has 0 aliphatic heterocycles. The maximum atomic E-state index is 12.5. The Bertz CT molecular complexity index is 450. The molecule has 0 aliphatic carbocycles. The summed E-state index contributed by atoms with van der Waals surface area (Å²) < 4.78 is 0. The van der Waals surface area contributed by atoms with Crippen molar-refractivity contribution in [2.45, 2.75) is 65.3 Å². The quantitative estimate of drug-likeness (QED) is 0.720. The van der Waals surface area contributed by atoms with Crippen molar-refractivity contribution in [2.24, 2.45) is 5.92 Å². The van der Waals surface area contributed by atoms with Crippen molar-refractivity contribution in [3.8, 4) is 0 Å². The second kappa shape index (κ2) is 8.43. The first-order valence-electron chi connectivity index (χ1n) is 7.94. The number of benzene rings is 1. The fourth-order valence-electron chi connectivity index (χ4n) is 2.74. The van der Waals surface area contributed by atoms with Crippen molar-refractivity contribution < 1.29 is 4.79 Å². The van der Waals surface area contributed by atoms with E-state index in [-0.39, 0.29) is 17.4 Å². The highest BCUT2D eigenvalue weighted by Gasteiger charge is 2.25. The van der Waals surface area contributed by atoms with Crippen LogP contribution in [0.15, 0.2) is 24.3 Å². The summed E-state index contributed by atoms with van der Waals surface area (Å²) in [7, 11) is 0. The third-order valence-corrected chi connectivity index (χ3v) is 3.88. The van der Waals surface area contributed by atoms with Crippen molar-refractivity contribution in [3.05, 3.63) is 34.9 Å². The van der Waals surface area contributed by atoms with Crippen molar-refractivity contribution in [1.82, 2.24) is 5.32 Å². The lowest BCUT2D eigenvalue weighted by atomic mass is 9.92. The second-order valence-electron chi connectivity index (χ2n) is 6.45. The third-order valence-electron chi connectivity index (χ3n) is 3.64. The van der Waals surface area contributed by atoms with E-state index in [1.165, 1.54) is 0 Å². The van der Waals surface area contributed by atoms with Gasteiger partial charge in [0.1, 0.15) is 0 Å². The molecule has 21 heavy (non-hydrogen) atoms. The molecule has 0 saturated carbocycles. The van der Waals surface area contributed by atoms with Gasteiger partial charge in [0, 0.05) is 16.5 Å². The van der Waals surface area contributed by atoms with Crippen LogP contribution in [0.2, 0.25) is 5.02 Å². The molecule has 0 heterocycles. The Hall–Kier alpha value is -1.02. The monoisotopic (exact) mass is 309 g/mol. The van der Waals surface area contributed by atoms with E-state index in [1.807, 2.05) is 18.2 Å². The van der Waals surface area contributed by atoms with Gasteiger partial charge in [0.2, 0.25) is 5.91 Å². The molecule has 1 aromatic carbocycles. The van der Waals surface area contributed by atoms with Crippen LogP contribution in [-0.2, 0) is 11.2 Å². The minimum atomic E-state index is -0.262.